The van der Waals surface area contributed by atoms with Crippen LogP contribution in [0.5, 0.6) is 0 Å². The first kappa shape index (κ1) is 21.3. The Morgan fingerprint density at radius 2 is 2.15 bits per heavy atom. The molecule has 2 N–H and O–H groups in total. The molecule has 2 rings (SSSR count). The molecule has 0 radical (unpaired) electrons. The quantitative estimate of drug-likeness (QED) is 0.713. The van der Waals surface area contributed by atoms with Crippen LogP contribution in [0.4, 0.5) is 5.82 Å². The van der Waals surface area contributed by atoms with Gasteiger partial charge in [0.2, 0.25) is 5.91 Å². The molecule has 1 unspecified atom stereocenters. The van der Waals surface area contributed by atoms with E-state index in [1.807, 2.05) is 43.3 Å². The van der Waals surface area contributed by atoms with Crippen molar-refractivity contribution in [2.45, 2.75) is 39.3 Å². The van der Waals surface area contributed by atoms with Crippen molar-refractivity contribution in [1.29, 1.82) is 0 Å². The average molecular weight is 381 g/mol. The fraction of sp³-hybridized carbons (Fsp3) is 0.722. The molecule has 1 aliphatic heterocycles. The normalized spacial score (nSPS) is 18.7. The van der Waals surface area contributed by atoms with Gasteiger partial charge in [-0.1, -0.05) is 0 Å². The molecule has 1 atom stereocenters. The highest BCUT2D eigenvalue weighted by Gasteiger charge is 2.25. The van der Waals surface area contributed by atoms with E-state index in [2.05, 4.69) is 10.4 Å². The second-order valence-electron chi connectivity index (χ2n) is 8.12. The van der Waals surface area contributed by atoms with Crippen molar-refractivity contribution in [2.75, 3.05) is 51.7 Å². The number of aliphatic carboxylic acids is 1. The van der Waals surface area contributed by atoms with E-state index in [9.17, 15) is 9.59 Å². The Labute approximate surface area is 160 Å². The molecule has 1 aliphatic rings. The van der Waals surface area contributed by atoms with Crippen LogP contribution >= 0.6 is 0 Å². The Balaban J connectivity index is 1.89. The Kier molecular flexibility index (Phi) is 6.96. The monoisotopic (exact) mass is 381 g/mol. The highest BCUT2D eigenvalue weighted by atomic mass is 16.5. The molecule has 2 heterocycles. The molecule has 1 fully saturated rings. The molecule has 9 nitrogen and oxygen atoms in total. The van der Waals surface area contributed by atoms with E-state index in [1.165, 1.54) is 0 Å². The lowest BCUT2D eigenvalue weighted by Crippen LogP contribution is -2.49. The van der Waals surface area contributed by atoms with Crippen molar-refractivity contribution < 1.29 is 19.4 Å². The summed E-state index contributed by atoms with van der Waals surface area (Å²) in [6.07, 6.45) is -0.113. The summed E-state index contributed by atoms with van der Waals surface area (Å²) >= 11 is 0. The number of nitrogens with zero attached hydrogens (tertiary/aromatic N) is 4. The van der Waals surface area contributed by atoms with Gasteiger partial charge in [0.05, 0.1) is 37.0 Å². The summed E-state index contributed by atoms with van der Waals surface area (Å²) in [6.45, 7) is 10.5. The smallest absolute Gasteiger partial charge is 0.317 e. The summed E-state index contributed by atoms with van der Waals surface area (Å²) in [6, 6.07) is 1.87. The van der Waals surface area contributed by atoms with Gasteiger partial charge in [0.15, 0.2) is 0 Å². The minimum absolute atomic E-state index is 0.0313. The van der Waals surface area contributed by atoms with Crippen LogP contribution in [0.15, 0.2) is 6.07 Å². The predicted octanol–water partition coefficient (Wildman–Crippen LogP) is 0.602. The van der Waals surface area contributed by atoms with Gasteiger partial charge in [0.1, 0.15) is 5.82 Å². The topological polar surface area (TPSA) is 99.9 Å². The first-order valence-electron chi connectivity index (χ1n) is 9.16. The molecule has 1 saturated heterocycles. The van der Waals surface area contributed by atoms with Gasteiger partial charge in [-0.25, -0.2) is 4.68 Å². The molecule has 1 amide bonds. The first-order valence-corrected chi connectivity index (χ1v) is 9.16. The Morgan fingerprint density at radius 3 is 2.78 bits per heavy atom. The number of carboxylic acids is 1. The Morgan fingerprint density at radius 1 is 1.44 bits per heavy atom. The van der Waals surface area contributed by atoms with Gasteiger partial charge >= 0.3 is 5.97 Å². The number of carbonyl (C=O) groups excluding carboxylic acids is 1. The van der Waals surface area contributed by atoms with Crippen molar-refractivity contribution in [3.05, 3.63) is 11.8 Å². The van der Waals surface area contributed by atoms with E-state index in [0.29, 0.717) is 32.1 Å². The van der Waals surface area contributed by atoms with Crippen molar-refractivity contribution in [2.24, 2.45) is 0 Å². The molecule has 0 saturated carbocycles. The van der Waals surface area contributed by atoms with Crippen LogP contribution in [0.2, 0.25) is 0 Å². The van der Waals surface area contributed by atoms with Crippen LogP contribution in [0.1, 0.15) is 26.5 Å². The zero-order valence-electron chi connectivity index (χ0n) is 16.9. The molecule has 152 valence electrons. The van der Waals surface area contributed by atoms with Gasteiger partial charge in [0, 0.05) is 25.7 Å². The number of carbonyl (C=O) groups is 2. The van der Waals surface area contributed by atoms with E-state index in [1.54, 1.807) is 11.9 Å². The predicted molar refractivity (Wildman–Crippen MR) is 102 cm³/mol. The first-order chi connectivity index (χ1) is 12.5. The van der Waals surface area contributed by atoms with Gasteiger partial charge in [-0.05, 0) is 34.7 Å². The van der Waals surface area contributed by atoms with Crippen molar-refractivity contribution in [3.8, 4) is 0 Å². The number of aryl methyl sites for hydroxylation is 1. The summed E-state index contributed by atoms with van der Waals surface area (Å²) in [5, 5.41) is 16.3. The number of morpholine rings is 1. The Hall–Kier alpha value is -1.97. The van der Waals surface area contributed by atoms with Gasteiger partial charge in [-0.15, -0.1) is 0 Å². The van der Waals surface area contributed by atoms with Crippen LogP contribution in [0.3, 0.4) is 0 Å². The number of hydrogen-bond acceptors (Lipinski definition) is 6. The molecule has 27 heavy (non-hydrogen) atoms. The van der Waals surface area contributed by atoms with Gasteiger partial charge < -0.3 is 15.2 Å². The van der Waals surface area contributed by atoms with E-state index < -0.39 is 5.97 Å². The average Bonchev–Trinajstić information content (AvgIpc) is 2.87. The summed E-state index contributed by atoms with van der Waals surface area (Å²) in [7, 11) is 1.75. The number of amides is 1. The molecule has 0 aromatic carbocycles. The van der Waals surface area contributed by atoms with Crippen molar-refractivity contribution in [3.63, 3.8) is 0 Å². The molecular weight excluding hydrogens is 350 g/mol. The third-order valence-corrected chi connectivity index (χ3v) is 4.25. The van der Waals surface area contributed by atoms with E-state index in [0.717, 1.165) is 5.69 Å². The third kappa shape index (κ3) is 6.60. The molecule has 1 aromatic rings. The maximum atomic E-state index is 12.5. The van der Waals surface area contributed by atoms with Crippen molar-refractivity contribution in [1.82, 2.24) is 19.6 Å². The lowest BCUT2D eigenvalue weighted by atomic mass is 10.1. The number of ether oxygens (including phenoxy) is 1. The summed E-state index contributed by atoms with van der Waals surface area (Å²) in [5.74, 6) is -0.272. The van der Waals surface area contributed by atoms with Crippen LogP contribution in [-0.2, 0) is 19.9 Å². The summed E-state index contributed by atoms with van der Waals surface area (Å²) in [5.41, 5.74) is 0.628. The zero-order valence-corrected chi connectivity index (χ0v) is 16.9. The molecule has 1 aromatic heterocycles. The van der Waals surface area contributed by atoms with Crippen LogP contribution in [-0.4, -0.2) is 89.0 Å². The van der Waals surface area contributed by atoms with Crippen molar-refractivity contribution >= 4 is 17.7 Å². The second kappa shape index (κ2) is 8.81. The lowest BCUT2D eigenvalue weighted by Gasteiger charge is -2.34. The van der Waals surface area contributed by atoms with Gasteiger partial charge in [-0.2, -0.15) is 5.10 Å². The lowest BCUT2D eigenvalue weighted by molar-refractivity contribution is -0.138. The molecule has 9 heteroatoms. The molecule has 0 aliphatic carbocycles. The molecule has 0 bridgehead atoms. The number of carboxylic acid groups (broad SMARTS) is 1. The maximum absolute atomic E-state index is 12.5. The highest BCUT2D eigenvalue weighted by Crippen LogP contribution is 2.21. The number of likely N-dealkylation sites (N-methyl/N-ethyl adjacent to an activating group) is 1. The summed E-state index contributed by atoms with van der Waals surface area (Å²) in [4.78, 5) is 27.0. The zero-order chi connectivity index (χ0) is 20.2. The standard InChI is InChI=1S/C18H31N5O4/c1-13-8-15(23(20-13)18(2,3)4)19-16(24)11-22-6-7-27-14(10-22)9-21(5)12-17(25)26/h8,14H,6-7,9-12H2,1-5H3,(H,19,24)(H,25,26). The number of anilines is 1. The fourth-order valence-corrected chi connectivity index (χ4v) is 3.16. The largest absolute Gasteiger partial charge is 0.480 e. The van der Waals surface area contributed by atoms with E-state index in [-0.39, 0.29) is 30.6 Å². The minimum Gasteiger partial charge on any atom is -0.480 e. The third-order valence-electron chi connectivity index (χ3n) is 4.25. The van der Waals surface area contributed by atoms with Gasteiger partial charge in [-0.3, -0.25) is 19.4 Å². The molecular formula is C18H31N5O4. The van der Waals surface area contributed by atoms with Crippen LogP contribution < -0.4 is 5.32 Å². The van der Waals surface area contributed by atoms with Gasteiger partial charge in [0.25, 0.3) is 0 Å². The van der Waals surface area contributed by atoms with Crippen LogP contribution in [0, 0.1) is 6.92 Å². The maximum Gasteiger partial charge on any atom is 0.317 e. The fourth-order valence-electron chi connectivity index (χ4n) is 3.16. The number of rotatable bonds is 7. The van der Waals surface area contributed by atoms with Crippen LogP contribution in [0.25, 0.3) is 0 Å². The van der Waals surface area contributed by atoms with E-state index in [4.69, 9.17) is 9.84 Å². The highest BCUT2D eigenvalue weighted by molar-refractivity contribution is 5.91. The summed E-state index contributed by atoms with van der Waals surface area (Å²) < 4.78 is 7.53. The SMILES string of the molecule is Cc1cc(NC(=O)CN2CCOC(CN(C)CC(=O)O)C2)n(C(C)(C)C)n1. The number of nitrogens with one attached hydrogen (secondary N) is 1. The second-order valence-corrected chi connectivity index (χ2v) is 8.12. The number of hydrogen-bond donors (Lipinski definition) is 2. The molecule has 0 spiro atoms. The van der Waals surface area contributed by atoms with E-state index >= 15 is 0 Å². The minimum atomic E-state index is -0.865. The number of aromatic nitrogens is 2. The Bertz CT molecular complexity index is 667.